The molecule has 2 fully saturated rings. The highest BCUT2D eigenvalue weighted by Crippen LogP contribution is 2.46. The molecule has 1 saturated carbocycles. The van der Waals surface area contributed by atoms with E-state index in [0.29, 0.717) is 11.3 Å². The molecule has 0 N–H and O–H groups in total. The van der Waals surface area contributed by atoms with Crippen LogP contribution in [0.4, 0.5) is 0 Å². The van der Waals surface area contributed by atoms with Gasteiger partial charge in [0.15, 0.2) is 0 Å². The van der Waals surface area contributed by atoms with Crippen LogP contribution in [0.2, 0.25) is 0 Å². The smallest absolute Gasteiger partial charge is 0.227 e. The molecule has 1 aliphatic heterocycles. The zero-order chi connectivity index (χ0) is 17.5. The van der Waals surface area contributed by atoms with Crippen LogP contribution in [0.25, 0.3) is 0 Å². The van der Waals surface area contributed by atoms with Gasteiger partial charge in [-0.15, -0.1) is 0 Å². The first-order chi connectivity index (χ1) is 10.4. The van der Waals surface area contributed by atoms with Gasteiger partial charge in [0.05, 0.1) is 0 Å². The topological polar surface area (TPSA) is 23.6 Å². The van der Waals surface area contributed by atoms with E-state index < -0.39 is 0 Å². The van der Waals surface area contributed by atoms with E-state index >= 15 is 0 Å². The van der Waals surface area contributed by atoms with Crippen LogP contribution in [0.1, 0.15) is 80.1 Å². The first-order valence-corrected chi connectivity index (χ1v) is 9.47. The molecule has 0 unspecified atom stereocenters. The highest BCUT2D eigenvalue weighted by molar-refractivity contribution is 5.81. The fraction of sp³-hybridized carbons (Fsp3) is 0.950. The van der Waals surface area contributed by atoms with E-state index in [0.717, 1.165) is 19.1 Å². The number of amides is 1. The summed E-state index contributed by atoms with van der Waals surface area (Å²) in [5.74, 6) is 0.327. The van der Waals surface area contributed by atoms with Crippen LogP contribution >= 0.6 is 0 Å². The zero-order valence-corrected chi connectivity index (χ0v) is 16.5. The monoisotopic (exact) mass is 322 g/mol. The largest absolute Gasteiger partial charge is 0.342 e. The van der Waals surface area contributed by atoms with Crippen LogP contribution in [-0.2, 0) is 4.79 Å². The molecule has 0 atom stereocenters. The van der Waals surface area contributed by atoms with E-state index in [4.69, 9.17) is 0 Å². The highest BCUT2D eigenvalue weighted by atomic mass is 16.2. The Morgan fingerprint density at radius 2 is 1.43 bits per heavy atom. The molecule has 2 aliphatic rings. The summed E-state index contributed by atoms with van der Waals surface area (Å²) >= 11 is 0. The maximum atomic E-state index is 12.5. The Bertz CT molecular complexity index is 412. The number of nitrogens with zero attached hydrogens (tertiary/aromatic N) is 2. The molecule has 23 heavy (non-hydrogen) atoms. The van der Waals surface area contributed by atoms with Crippen molar-refractivity contribution in [2.24, 2.45) is 10.8 Å². The van der Waals surface area contributed by atoms with Gasteiger partial charge >= 0.3 is 0 Å². The number of rotatable bonds is 1. The number of hydrogen-bond donors (Lipinski definition) is 0. The van der Waals surface area contributed by atoms with Gasteiger partial charge in [0, 0.05) is 30.1 Å². The molecule has 1 heterocycles. The molecule has 0 radical (unpaired) electrons. The van der Waals surface area contributed by atoms with Crippen LogP contribution < -0.4 is 0 Å². The third kappa shape index (κ3) is 4.29. The van der Waals surface area contributed by atoms with Gasteiger partial charge in [0.25, 0.3) is 0 Å². The van der Waals surface area contributed by atoms with Gasteiger partial charge in [-0.05, 0) is 71.8 Å². The molecular weight excluding hydrogens is 284 g/mol. The minimum atomic E-state index is -0.239. The number of likely N-dealkylation sites (tertiary alicyclic amines) is 1. The molecule has 3 heteroatoms. The molecule has 0 aromatic heterocycles. The lowest BCUT2D eigenvalue weighted by atomic mass is 9.66. The second-order valence-corrected chi connectivity index (χ2v) is 10.1. The lowest BCUT2D eigenvalue weighted by molar-refractivity contribution is -0.142. The average molecular weight is 323 g/mol. The summed E-state index contributed by atoms with van der Waals surface area (Å²) in [4.78, 5) is 17.1. The van der Waals surface area contributed by atoms with E-state index in [1.54, 1.807) is 0 Å². The summed E-state index contributed by atoms with van der Waals surface area (Å²) in [6.07, 6.45) is 7.74. The second kappa shape index (κ2) is 6.38. The van der Waals surface area contributed by atoms with Crippen molar-refractivity contribution in [1.82, 2.24) is 9.80 Å². The van der Waals surface area contributed by atoms with E-state index in [2.05, 4.69) is 37.6 Å². The predicted molar refractivity (Wildman–Crippen MR) is 97.5 cm³/mol. The first kappa shape index (κ1) is 18.8. The summed E-state index contributed by atoms with van der Waals surface area (Å²) < 4.78 is 0. The third-order valence-corrected chi connectivity index (χ3v) is 6.37. The lowest BCUT2D eigenvalue weighted by Gasteiger charge is -2.49. The van der Waals surface area contributed by atoms with Gasteiger partial charge in [0.1, 0.15) is 0 Å². The number of piperidine rings is 1. The minimum absolute atomic E-state index is 0.239. The van der Waals surface area contributed by atoms with Crippen LogP contribution in [0.15, 0.2) is 0 Å². The van der Waals surface area contributed by atoms with Crippen molar-refractivity contribution < 1.29 is 4.79 Å². The maximum Gasteiger partial charge on any atom is 0.227 e. The zero-order valence-electron chi connectivity index (χ0n) is 16.5. The van der Waals surface area contributed by atoms with Crippen molar-refractivity contribution in [1.29, 1.82) is 0 Å². The van der Waals surface area contributed by atoms with Gasteiger partial charge in [-0.3, -0.25) is 9.69 Å². The Morgan fingerprint density at radius 3 is 1.83 bits per heavy atom. The summed E-state index contributed by atoms with van der Waals surface area (Å²) in [7, 11) is 2.28. The van der Waals surface area contributed by atoms with E-state index in [1.807, 2.05) is 20.8 Å². The van der Waals surface area contributed by atoms with Crippen molar-refractivity contribution in [3.8, 4) is 0 Å². The van der Waals surface area contributed by atoms with Crippen molar-refractivity contribution in [3.63, 3.8) is 0 Å². The van der Waals surface area contributed by atoms with Gasteiger partial charge in [-0.2, -0.15) is 0 Å². The van der Waals surface area contributed by atoms with Crippen LogP contribution in [-0.4, -0.2) is 47.4 Å². The Hall–Kier alpha value is -0.570. The molecule has 2 rings (SSSR count). The van der Waals surface area contributed by atoms with E-state index in [-0.39, 0.29) is 11.0 Å². The standard InChI is InChI=1S/C20H38N2O/c1-18(2,3)17(23)22-14-12-20(13-15-22)10-8-16(9-11-20)21(7)19(4,5)6/h16H,8-15H2,1-7H3. The second-order valence-electron chi connectivity index (χ2n) is 10.1. The first-order valence-electron chi connectivity index (χ1n) is 9.47. The number of carbonyl (C=O) groups is 1. The van der Waals surface area contributed by atoms with Crippen molar-refractivity contribution in [2.75, 3.05) is 20.1 Å². The quantitative estimate of drug-likeness (QED) is 0.718. The average Bonchev–Trinajstić information content (AvgIpc) is 2.46. The molecular formula is C20H38N2O. The van der Waals surface area contributed by atoms with Crippen LogP contribution in [0.3, 0.4) is 0 Å². The Morgan fingerprint density at radius 1 is 0.957 bits per heavy atom. The van der Waals surface area contributed by atoms with Crippen LogP contribution in [0.5, 0.6) is 0 Å². The molecule has 1 amide bonds. The summed E-state index contributed by atoms with van der Waals surface area (Å²) in [5, 5.41) is 0. The Labute approximate surface area is 143 Å². The molecule has 1 aliphatic carbocycles. The SMILES string of the molecule is CN(C1CCC2(CC1)CCN(C(=O)C(C)(C)C)CC2)C(C)(C)C. The third-order valence-electron chi connectivity index (χ3n) is 6.37. The van der Waals surface area contributed by atoms with Crippen molar-refractivity contribution >= 4 is 5.91 Å². The molecule has 1 spiro atoms. The summed E-state index contributed by atoms with van der Waals surface area (Å²) in [5.41, 5.74) is 0.541. The molecule has 3 nitrogen and oxygen atoms in total. The Kier molecular flexibility index (Phi) is 5.21. The fourth-order valence-corrected chi connectivity index (χ4v) is 4.31. The van der Waals surface area contributed by atoms with Crippen LogP contribution in [0, 0.1) is 10.8 Å². The molecule has 0 aromatic rings. The molecule has 0 bridgehead atoms. The fourth-order valence-electron chi connectivity index (χ4n) is 4.31. The van der Waals surface area contributed by atoms with Crippen molar-refractivity contribution in [2.45, 2.75) is 91.6 Å². The van der Waals surface area contributed by atoms with E-state index in [9.17, 15) is 4.79 Å². The highest BCUT2D eigenvalue weighted by Gasteiger charge is 2.41. The van der Waals surface area contributed by atoms with Crippen molar-refractivity contribution in [3.05, 3.63) is 0 Å². The number of carbonyl (C=O) groups excluding carboxylic acids is 1. The number of hydrogen-bond acceptors (Lipinski definition) is 2. The lowest BCUT2D eigenvalue weighted by Crippen LogP contribution is -2.51. The summed E-state index contributed by atoms with van der Waals surface area (Å²) in [6.45, 7) is 15.0. The maximum absolute atomic E-state index is 12.5. The predicted octanol–water partition coefficient (Wildman–Crippen LogP) is 4.31. The van der Waals surface area contributed by atoms with Gasteiger partial charge in [-0.1, -0.05) is 20.8 Å². The van der Waals surface area contributed by atoms with Gasteiger partial charge in [-0.25, -0.2) is 0 Å². The van der Waals surface area contributed by atoms with E-state index in [1.165, 1.54) is 38.5 Å². The van der Waals surface area contributed by atoms with Gasteiger partial charge < -0.3 is 4.90 Å². The Balaban J connectivity index is 1.88. The summed E-state index contributed by atoms with van der Waals surface area (Å²) in [6, 6.07) is 0.731. The normalized spacial score (nSPS) is 23.6. The molecule has 0 aromatic carbocycles. The van der Waals surface area contributed by atoms with Gasteiger partial charge in [0.2, 0.25) is 5.91 Å². The minimum Gasteiger partial charge on any atom is -0.342 e. The molecule has 134 valence electrons. The molecule has 1 saturated heterocycles.